The van der Waals surface area contributed by atoms with Crippen LogP contribution in [0.25, 0.3) is 0 Å². The Labute approximate surface area is 122 Å². The summed E-state index contributed by atoms with van der Waals surface area (Å²) in [5.74, 6) is -1.39. The molecule has 0 aromatic heterocycles. The van der Waals surface area contributed by atoms with Crippen LogP contribution in [-0.2, 0) is 15.8 Å². The predicted molar refractivity (Wildman–Crippen MR) is 70.4 cm³/mol. The van der Waals surface area contributed by atoms with E-state index in [1.165, 1.54) is 6.92 Å². The SMILES string of the molecule is CC(=O)SC1CC(=O)N(c2cc(C(F)(F)F)ccc2F)C1. The van der Waals surface area contributed by atoms with E-state index in [9.17, 15) is 27.2 Å². The average Bonchev–Trinajstić information content (AvgIpc) is 2.68. The van der Waals surface area contributed by atoms with Crippen molar-refractivity contribution in [1.29, 1.82) is 0 Å². The number of amides is 1. The van der Waals surface area contributed by atoms with Crippen LogP contribution < -0.4 is 4.90 Å². The molecule has 114 valence electrons. The van der Waals surface area contributed by atoms with Crippen molar-refractivity contribution in [1.82, 2.24) is 0 Å². The lowest BCUT2D eigenvalue weighted by molar-refractivity contribution is -0.137. The highest BCUT2D eigenvalue weighted by Crippen LogP contribution is 2.35. The van der Waals surface area contributed by atoms with Crippen LogP contribution in [0, 0.1) is 5.82 Å². The average molecular weight is 321 g/mol. The van der Waals surface area contributed by atoms with Crippen molar-refractivity contribution >= 4 is 28.5 Å². The lowest BCUT2D eigenvalue weighted by Crippen LogP contribution is -2.26. The molecule has 0 spiro atoms. The minimum absolute atomic E-state index is 0.0000673. The molecular formula is C13H11F4NO2S. The smallest absolute Gasteiger partial charge is 0.308 e. The summed E-state index contributed by atoms with van der Waals surface area (Å²) in [6, 6.07) is 1.94. The molecule has 0 N–H and O–H groups in total. The highest BCUT2D eigenvalue weighted by atomic mass is 32.2. The third-order valence-electron chi connectivity index (χ3n) is 2.99. The number of hydrogen-bond donors (Lipinski definition) is 0. The maximum atomic E-state index is 13.7. The van der Waals surface area contributed by atoms with Crippen molar-refractivity contribution in [3.63, 3.8) is 0 Å². The fourth-order valence-electron chi connectivity index (χ4n) is 2.12. The third-order valence-corrected chi connectivity index (χ3v) is 3.97. The first-order valence-electron chi connectivity index (χ1n) is 6.03. The van der Waals surface area contributed by atoms with Gasteiger partial charge in [0.25, 0.3) is 0 Å². The number of carbonyl (C=O) groups is 2. The number of alkyl halides is 3. The Morgan fingerprint density at radius 2 is 2.05 bits per heavy atom. The van der Waals surface area contributed by atoms with E-state index in [0.29, 0.717) is 18.2 Å². The zero-order chi connectivity index (χ0) is 15.8. The number of thioether (sulfide) groups is 1. The molecule has 1 atom stereocenters. The highest BCUT2D eigenvalue weighted by Gasteiger charge is 2.36. The van der Waals surface area contributed by atoms with E-state index in [1.807, 2.05) is 0 Å². The number of halogens is 4. The van der Waals surface area contributed by atoms with Gasteiger partial charge in [0.05, 0.1) is 11.3 Å². The number of rotatable bonds is 2. The van der Waals surface area contributed by atoms with Crippen LogP contribution in [0.5, 0.6) is 0 Å². The number of hydrogen-bond acceptors (Lipinski definition) is 3. The fraction of sp³-hybridized carbons (Fsp3) is 0.385. The molecule has 1 aliphatic heterocycles. The van der Waals surface area contributed by atoms with Crippen molar-refractivity contribution in [2.24, 2.45) is 0 Å². The molecule has 0 radical (unpaired) electrons. The first kappa shape index (κ1) is 15.8. The lowest BCUT2D eigenvalue weighted by Gasteiger charge is -2.19. The Bertz CT molecular complexity index is 588. The van der Waals surface area contributed by atoms with E-state index in [0.717, 1.165) is 16.7 Å². The van der Waals surface area contributed by atoms with Crippen LogP contribution in [0.2, 0.25) is 0 Å². The summed E-state index contributed by atoms with van der Waals surface area (Å²) in [6.45, 7) is 1.35. The van der Waals surface area contributed by atoms with Gasteiger partial charge in [-0.1, -0.05) is 11.8 Å². The molecule has 1 unspecified atom stereocenters. The standard InChI is InChI=1S/C13H11F4NO2S/c1-7(19)21-9-5-12(20)18(6-9)11-4-8(13(15,16)17)2-3-10(11)14/h2-4,9H,5-6H2,1H3. The molecule has 8 heteroatoms. The molecule has 3 nitrogen and oxygen atoms in total. The van der Waals surface area contributed by atoms with Gasteiger partial charge in [-0.25, -0.2) is 4.39 Å². The highest BCUT2D eigenvalue weighted by molar-refractivity contribution is 8.14. The van der Waals surface area contributed by atoms with Crippen molar-refractivity contribution in [3.8, 4) is 0 Å². The quantitative estimate of drug-likeness (QED) is 0.785. The van der Waals surface area contributed by atoms with Crippen molar-refractivity contribution in [2.45, 2.75) is 24.8 Å². The van der Waals surface area contributed by atoms with Crippen molar-refractivity contribution < 1.29 is 27.2 Å². The first-order chi connectivity index (χ1) is 9.68. The number of anilines is 1. The molecule has 1 aromatic rings. The predicted octanol–water partition coefficient (Wildman–Crippen LogP) is 3.23. The molecular weight excluding hydrogens is 310 g/mol. The molecule has 2 rings (SSSR count). The van der Waals surface area contributed by atoms with Gasteiger partial charge in [-0.3, -0.25) is 9.59 Å². The summed E-state index contributed by atoms with van der Waals surface area (Å²) in [5.41, 5.74) is -1.42. The third kappa shape index (κ3) is 3.55. The summed E-state index contributed by atoms with van der Waals surface area (Å²) in [6.07, 6.45) is -4.61. The van der Waals surface area contributed by atoms with Gasteiger partial charge in [0.15, 0.2) is 5.12 Å². The zero-order valence-electron chi connectivity index (χ0n) is 10.9. The fourth-order valence-corrected chi connectivity index (χ4v) is 3.04. The van der Waals surface area contributed by atoms with Gasteiger partial charge in [0.2, 0.25) is 5.91 Å². The van der Waals surface area contributed by atoms with Gasteiger partial charge in [0, 0.05) is 25.1 Å². The van der Waals surface area contributed by atoms with E-state index in [-0.39, 0.29) is 23.3 Å². The minimum atomic E-state index is -4.61. The zero-order valence-corrected chi connectivity index (χ0v) is 11.7. The van der Waals surface area contributed by atoms with Crippen LogP contribution >= 0.6 is 11.8 Å². The molecule has 1 fully saturated rings. The van der Waals surface area contributed by atoms with Crippen LogP contribution in [0.1, 0.15) is 18.9 Å². The summed E-state index contributed by atoms with van der Waals surface area (Å²) in [7, 11) is 0. The first-order valence-corrected chi connectivity index (χ1v) is 6.91. The lowest BCUT2D eigenvalue weighted by atomic mass is 10.1. The van der Waals surface area contributed by atoms with E-state index in [1.54, 1.807) is 0 Å². The molecule has 1 amide bonds. The molecule has 1 heterocycles. The molecule has 0 saturated carbocycles. The maximum Gasteiger partial charge on any atom is 0.416 e. The second-order valence-corrected chi connectivity index (χ2v) is 6.08. The molecule has 0 bridgehead atoms. The second kappa shape index (κ2) is 5.67. The Kier molecular flexibility index (Phi) is 4.27. The number of nitrogens with zero attached hydrogens (tertiary/aromatic N) is 1. The molecule has 1 aliphatic rings. The van der Waals surface area contributed by atoms with Crippen LogP contribution in [0.3, 0.4) is 0 Å². The second-order valence-electron chi connectivity index (χ2n) is 4.60. The molecule has 21 heavy (non-hydrogen) atoms. The van der Waals surface area contributed by atoms with Gasteiger partial charge in [0.1, 0.15) is 5.82 Å². The van der Waals surface area contributed by atoms with Crippen molar-refractivity contribution in [2.75, 3.05) is 11.4 Å². The van der Waals surface area contributed by atoms with E-state index in [2.05, 4.69) is 0 Å². The topological polar surface area (TPSA) is 37.4 Å². The van der Waals surface area contributed by atoms with Gasteiger partial charge in [-0.15, -0.1) is 0 Å². The summed E-state index contributed by atoms with van der Waals surface area (Å²) >= 11 is 0.934. The monoisotopic (exact) mass is 321 g/mol. The van der Waals surface area contributed by atoms with Crippen LogP contribution in [-0.4, -0.2) is 22.8 Å². The van der Waals surface area contributed by atoms with Gasteiger partial charge < -0.3 is 4.90 Å². The summed E-state index contributed by atoms with van der Waals surface area (Å²) in [4.78, 5) is 23.8. The Morgan fingerprint density at radius 3 is 2.62 bits per heavy atom. The Balaban J connectivity index is 2.29. The van der Waals surface area contributed by atoms with Gasteiger partial charge in [-0.2, -0.15) is 13.2 Å². The number of carbonyl (C=O) groups excluding carboxylic acids is 2. The molecule has 0 aliphatic carbocycles. The number of benzene rings is 1. The molecule has 1 aromatic carbocycles. The van der Waals surface area contributed by atoms with E-state index in [4.69, 9.17) is 0 Å². The summed E-state index contributed by atoms with van der Waals surface area (Å²) in [5, 5.41) is -0.567. The van der Waals surface area contributed by atoms with Crippen molar-refractivity contribution in [3.05, 3.63) is 29.6 Å². The molecule has 1 saturated heterocycles. The van der Waals surface area contributed by atoms with E-state index < -0.39 is 29.2 Å². The maximum absolute atomic E-state index is 13.7. The minimum Gasteiger partial charge on any atom is -0.308 e. The Hall–Kier alpha value is -1.57. The van der Waals surface area contributed by atoms with Gasteiger partial charge in [-0.05, 0) is 18.2 Å². The van der Waals surface area contributed by atoms with Crippen LogP contribution in [0.15, 0.2) is 18.2 Å². The van der Waals surface area contributed by atoms with Crippen LogP contribution in [0.4, 0.5) is 23.2 Å². The summed E-state index contributed by atoms with van der Waals surface area (Å²) < 4.78 is 51.7. The Morgan fingerprint density at radius 1 is 1.38 bits per heavy atom. The van der Waals surface area contributed by atoms with Gasteiger partial charge >= 0.3 is 6.18 Å². The normalized spacial score (nSPS) is 19.2. The van der Waals surface area contributed by atoms with E-state index >= 15 is 0 Å². The largest absolute Gasteiger partial charge is 0.416 e.